The zero-order valence-electron chi connectivity index (χ0n) is 17.1. The van der Waals surface area contributed by atoms with Crippen molar-refractivity contribution in [2.75, 3.05) is 0 Å². The van der Waals surface area contributed by atoms with Crippen LogP contribution < -0.4 is 10.6 Å². The van der Waals surface area contributed by atoms with Crippen LogP contribution in [0.4, 0.5) is 22.4 Å². The number of Topliss-reactive ketones (excluding diaryl/α,β-unsaturated/α-hetero) is 1. The molecule has 1 fully saturated rings. The summed E-state index contributed by atoms with van der Waals surface area (Å²) >= 11 is 0. The number of aliphatic hydroxyl groups is 1. The summed E-state index contributed by atoms with van der Waals surface area (Å²) < 4.78 is 60.8. The minimum absolute atomic E-state index is 0.0819. The molecule has 2 aromatic carbocycles. The molecule has 1 aliphatic rings. The molecular weight excluding hydrogens is 444 g/mol. The smallest absolute Gasteiger partial charge is 0.437 e. The number of carbonyl (C=O) groups is 2. The normalized spacial score (nSPS) is 23.0. The molecule has 6 nitrogen and oxygen atoms in total. The van der Waals surface area contributed by atoms with Crippen molar-refractivity contribution in [2.45, 2.75) is 24.9 Å². The van der Waals surface area contributed by atoms with E-state index in [4.69, 9.17) is 4.42 Å². The van der Waals surface area contributed by atoms with E-state index in [9.17, 15) is 32.3 Å². The van der Waals surface area contributed by atoms with Crippen LogP contribution in [-0.4, -0.2) is 28.8 Å². The molecule has 4 rings (SSSR count). The zero-order valence-corrected chi connectivity index (χ0v) is 17.1. The van der Waals surface area contributed by atoms with Crippen LogP contribution in [0.15, 0.2) is 65.1 Å². The van der Waals surface area contributed by atoms with Gasteiger partial charge in [0.2, 0.25) is 5.72 Å². The molecule has 0 unspecified atom stereocenters. The molecule has 2 heterocycles. The zero-order chi connectivity index (χ0) is 24.0. The molecule has 3 N–H and O–H groups in total. The van der Waals surface area contributed by atoms with Crippen LogP contribution in [0.25, 0.3) is 11.3 Å². The summed E-state index contributed by atoms with van der Waals surface area (Å²) in [6, 6.07) is 10.7. The number of alkyl halides is 3. The average molecular weight is 462 g/mol. The van der Waals surface area contributed by atoms with Crippen LogP contribution in [0.5, 0.6) is 0 Å². The fraction of sp³-hybridized carbons (Fsp3) is 0.217. The van der Waals surface area contributed by atoms with Crippen molar-refractivity contribution in [1.29, 1.82) is 0 Å². The average Bonchev–Trinajstić information content (AvgIpc) is 3.23. The number of amides is 2. The predicted molar refractivity (Wildman–Crippen MR) is 109 cm³/mol. The molecule has 0 spiro atoms. The van der Waals surface area contributed by atoms with Gasteiger partial charge in [-0.1, -0.05) is 29.8 Å². The number of hydrogen-bond acceptors (Lipinski definition) is 4. The first-order valence-corrected chi connectivity index (χ1v) is 9.84. The third-order valence-corrected chi connectivity index (χ3v) is 5.49. The van der Waals surface area contributed by atoms with E-state index >= 15 is 0 Å². The van der Waals surface area contributed by atoms with Crippen LogP contribution in [-0.2, 0) is 0 Å². The number of furan rings is 1. The van der Waals surface area contributed by atoms with E-state index in [1.165, 1.54) is 53.8 Å². The van der Waals surface area contributed by atoms with Gasteiger partial charge < -0.3 is 20.2 Å². The van der Waals surface area contributed by atoms with Gasteiger partial charge in [0.15, 0.2) is 5.78 Å². The minimum atomic E-state index is -5.37. The lowest BCUT2D eigenvalue weighted by Crippen LogP contribution is -2.72. The first kappa shape index (κ1) is 22.5. The highest BCUT2D eigenvalue weighted by Crippen LogP contribution is 2.44. The van der Waals surface area contributed by atoms with E-state index < -0.39 is 41.5 Å². The van der Waals surface area contributed by atoms with Crippen molar-refractivity contribution in [1.82, 2.24) is 10.6 Å². The molecular formula is C23H18F4N2O4. The maximum atomic E-state index is 14.0. The SMILES string of the molecule is Cc1ccc(C(=O)[C@@H]2[C@H](c3ccc(-c4ccc(F)cc4)o3)NC(=O)N[C@]2(O)C(F)(F)F)cc1. The van der Waals surface area contributed by atoms with Gasteiger partial charge >= 0.3 is 12.2 Å². The number of ketones is 1. The largest absolute Gasteiger partial charge is 0.459 e. The second-order valence-electron chi connectivity index (χ2n) is 7.76. The molecule has 10 heteroatoms. The number of rotatable bonds is 4. The Bertz CT molecular complexity index is 1190. The van der Waals surface area contributed by atoms with Crippen LogP contribution in [0.1, 0.15) is 27.7 Å². The summed E-state index contributed by atoms with van der Waals surface area (Å²) in [5.74, 6) is -3.75. The molecule has 1 saturated heterocycles. The summed E-state index contributed by atoms with van der Waals surface area (Å²) in [6.07, 6.45) is -5.37. The number of halogens is 4. The second kappa shape index (κ2) is 8.04. The van der Waals surface area contributed by atoms with Crippen molar-refractivity contribution in [3.8, 4) is 11.3 Å². The monoisotopic (exact) mass is 462 g/mol. The third kappa shape index (κ3) is 4.09. The lowest BCUT2D eigenvalue weighted by molar-refractivity contribution is -0.288. The van der Waals surface area contributed by atoms with Crippen LogP contribution >= 0.6 is 0 Å². The predicted octanol–water partition coefficient (Wildman–Crippen LogP) is 4.50. The Morgan fingerprint density at radius 3 is 2.27 bits per heavy atom. The van der Waals surface area contributed by atoms with Crippen molar-refractivity contribution in [3.05, 3.63) is 83.4 Å². The molecule has 2 amide bonds. The molecule has 1 aromatic heterocycles. The summed E-state index contributed by atoms with van der Waals surface area (Å²) in [5.41, 5.74) is -2.73. The quantitative estimate of drug-likeness (QED) is 0.393. The Morgan fingerprint density at radius 1 is 1.03 bits per heavy atom. The summed E-state index contributed by atoms with van der Waals surface area (Å²) in [4.78, 5) is 25.3. The fourth-order valence-electron chi connectivity index (χ4n) is 3.76. The van der Waals surface area contributed by atoms with Crippen molar-refractivity contribution in [2.24, 2.45) is 5.92 Å². The first-order valence-electron chi connectivity index (χ1n) is 9.84. The Morgan fingerprint density at radius 2 is 1.67 bits per heavy atom. The van der Waals surface area contributed by atoms with E-state index in [2.05, 4.69) is 5.32 Å². The van der Waals surface area contributed by atoms with Crippen LogP contribution in [0.3, 0.4) is 0 Å². The summed E-state index contributed by atoms with van der Waals surface area (Å²) in [6.45, 7) is 1.74. The van der Waals surface area contributed by atoms with Gasteiger partial charge in [-0.25, -0.2) is 9.18 Å². The molecule has 33 heavy (non-hydrogen) atoms. The number of nitrogens with one attached hydrogen (secondary N) is 2. The first-order chi connectivity index (χ1) is 15.5. The van der Waals surface area contributed by atoms with E-state index in [0.29, 0.717) is 5.56 Å². The highest BCUT2D eigenvalue weighted by molar-refractivity contribution is 6.00. The van der Waals surface area contributed by atoms with Gasteiger partial charge in [-0.15, -0.1) is 0 Å². The maximum absolute atomic E-state index is 14.0. The van der Waals surface area contributed by atoms with Gasteiger partial charge in [0.05, 0.1) is 0 Å². The lowest BCUT2D eigenvalue weighted by Gasteiger charge is -2.44. The summed E-state index contributed by atoms with van der Waals surface area (Å²) in [7, 11) is 0. The third-order valence-electron chi connectivity index (χ3n) is 5.49. The number of urea groups is 1. The highest BCUT2D eigenvalue weighted by Gasteiger charge is 2.66. The Hall–Kier alpha value is -3.66. The number of aryl methyl sites for hydroxylation is 1. The van der Waals surface area contributed by atoms with E-state index in [0.717, 1.165) is 5.56 Å². The molecule has 0 bridgehead atoms. The second-order valence-corrected chi connectivity index (χ2v) is 7.76. The summed E-state index contributed by atoms with van der Waals surface area (Å²) in [5, 5.41) is 14.3. The van der Waals surface area contributed by atoms with Gasteiger partial charge in [0.25, 0.3) is 0 Å². The van der Waals surface area contributed by atoms with Crippen molar-refractivity contribution in [3.63, 3.8) is 0 Å². The highest BCUT2D eigenvalue weighted by atomic mass is 19.4. The fourth-order valence-corrected chi connectivity index (χ4v) is 3.76. The standard InChI is InChI=1S/C23H18F4N2O4/c1-12-2-4-14(5-3-12)20(30)18-19(28-21(31)29-22(18,32)23(25,26)27)17-11-10-16(33-17)13-6-8-15(24)9-7-13/h2-11,18-19,32H,1H3,(H2,28,29,31)/t18-,19-,22+/m0/s1. The lowest BCUT2D eigenvalue weighted by atomic mass is 9.79. The van der Waals surface area contributed by atoms with Gasteiger partial charge in [0, 0.05) is 11.1 Å². The minimum Gasteiger partial charge on any atom is -0.459 e. The maximum Gasteiger partial charge on any atom is 0.437 e. The Kier molecular flexibility index (Phi) is 5.49. The van der Waals surface area contributed by atoms with E-state index in [1.54, 1.807) is 19.1 Å². The van der Waals surface area contributed by atoms with Crippen molar-refractivity contribution >= 4 is 11.8 Å². The number of hydrogen-bond donors (Lipinski definition) is 3. The molecule has 3 atom stereocenters. The molecule has 0 saturated carbocycles. The van der Waals surface area contributed by atoms with Crippen LogP contribution in [0.2, 0.25) is 0 Å². The molecule has 3 aromatic rings. The molecule has 1 aliphatic heterocycles. The number of benzene rings is 2. The van der Waals surface area contributed by atoms with Gasteiger partial charge in [-0.3, -0.25) is 4.79 Å². The molecule has 0 aliphatic carbocycles. The van der Waals surface area contributed by atoms with Gasteiger partial charge in [-0.2, -0.15) is 13.2 Å². The Labute approximate surface area is 185 Å². The van der Waals surface area contributed by atoms with Gasteiger partial charge in [-0.05, 0) is 43.3 Å². The van der Waals surface area contributed by atoms with E-state index in [1.807, 2.05) is 0 Å². The number of carbonyl (C=O) groups excluding carboxylic acids is 2. The van der Waals surface area contributed by atoms with E-state index in [-0.39, 0.29) is 17.1 Å². The molecule has 0 radical (unpaired) electrons. The van der Waals surface area contributed by atoms with Crippen molar-refractivity contribution < 1.29 is 36.7 Å². The van der Waals surface area contributed by atoms with Gasteiger partial charge in [0.1, 0.15) is 29.3 Å². The molecule has 172 valence electrons. The Balaban J connectivity index is 1.80. The van der Waals surface area contributed by atoms with Crippen LogP contribution in [0, 0.1) is 18.7 Å². The topological polar surface area (TPSA) is 91.6 Å².